The van der Waals surface area contributed by atoms with Crippen LogP contribution in [0.1, 0.15) is 15.9 Å². The number of pyridine rings is 1. The minimum atomic E-state index is -0.305. The van der Waals surface area contributed by atoms with Crippen molar-refractivity contribution in [2.24, 2.45) is 0 Å². The van der Waals surface area contributed by atoms with Crippen molar-refractivity contribution in [3.05, 3.63) is 59.0 Å². The molecule has 0 fully saturated rings. The number of halogens is 1. The summed E-state index contributed by atoms with van der Waals surface area (Å²) in [5.74, 6) is 2.25. The molecule has 3 aromatic rings. The standard InChI is InChI=1S/C18H11ClN4O/c1-2-7-23-11-13(10-20)15-9-14(3-4-16(15)23)22-18(24)12-5-6-21-17(19)8-12/h1,3-6,8-9,11H,7H2,(H,22,24). The first kappa shape index (κ1) is 15.6. The average Bonchev–Trinajstić information content (AvgIpc) is 2.92. The van der Waals surface area contributed by atoms with Crippen LogP contribution in [-0.4, -0.2) is 15.5 Å². The van der Waals surface area contributed by atoms with E-state index in [9.17, 15) is 10.1 Å². The Morgan fingerprint density at radius 2 is 2.21 bits per heavy atom. The second-order valence-electron chi connectivity index (χ2n) is 5.04. The van der Waals surface area contributed by atoms with Gasteiger partial charge in [0.25, 0.3) is 5.91 Å². The lowest BCUT2D eigenvalue weighted by atomic mass is 10.1. The molecule has 3 rings (SSSR count). The molecule has 1 aromatic carbocycles. The Bertz CT molecular complexity index is 1020. The van der Waals surface area contributed by atoms with Gasteiger partial charge in [-0.05, 0) is 30.3 Å². The Kier molecular flexibility index (Phi) is 4.20. The second kappa shape index (κ2) is 6.45. The van der Waals surface area contributed by atoms with Crippen LogP contribution in [0.4, 0.5) is 5.69 Å². The summed E-state index contributed by atoms with van der Waals surface area (Å²) >= 11 is 5.80. The SMILES string of the molecule is C#CCn1cc(C#N)c2cc(NC(=O)c3ccnc(Cl)c3)ccc21. The van der Waals surface area contributed by atoms with Gasteiger partial charge < -0.3 is 9.88 Å². The van der Waals surface area contributed by atoms with Crippen LogP contribution in [0.15, 0.2) is 42.7 Å². The van der Waals surface area contributed by atoms with Gasteiger partial charge >= 0.3 is 0 Å². The zero-order chi connectivity index (χ0) is 17.1. The number of benzene rings is 1. The molecule has 0 aliphatic heterocycles. The molecule has 0 saturated carbocycles. The van der Waals surface area contributed by atoms with Crippen LogP contribution in [0.3, 0.4) is 0 Å². The fourth-order valence-corrected chi connectivity index (χ4v) is 2.61. The van der Waals surface area contributed by atoms with E-state index >= 15 is 0 Å². The number of fused-ring (bicyclic) bond motifs is 1. The predicted molar refractivity (Wildman–Crippen MR) is 92.7 cm³/mol. The van der Waals surface area contributed by atoms with Crippen LogP contribution in [0.2, 0.25) is 5.15 Å². The summed E-state index contributed by atoms with van der Waals surface area (Å²) in [5, 5.41) is 13.0. The lowest BCUT2D eigenvalue weighted by Crippen LogP contribution is -2.11. The highest BCUT2D eigenvalue weighted by Crippen LogP contribution is 2.25. The molecular formula is C18H11ClN4O. The first-order valence-electron chi connectivity index (χ1n) is 7.01. The number of hydrogen-bond donors (Lipinski definition) is 1. The molecule has 0 aliphatic carbocycles. The fourth-order valence-electron chi connectivity index (χ4n) is 2.44. The van der Waals surface area contributed by atoms with Gasteiger partial charge in [-0.3, -0.25) is 4.79 Å². The number of amides is 1. The van der Waals surface area contributed by atoms with Crippen LogP contribution >= 0.6 is 11.6 Å². The van der Waals surface area contributed by atoms with Crippen molar-refractivity contribution < 1.29 is 4.79 Å². The van der Waals surface area contributed by atoms with Gasteiger partial charge in [0, 0.05) is 29.0 Å². The smallest absolute Gasteiger partial charge is 0.255 e. The van der Waals surface area contributed by atoms with Crippen molar-refractivity contribution in [3.63, 3.8) is 0 Å². The van der Waals surface area contributed by atoms with E-state index < -0.39 is 0 Å². The van der Waals surface area contributed by atoms with Crippen LogP contribution in [0.25, 0.3) is 10.9 Å². The van der Waals surface area contributed by atoms with Crippen molar-refractivity contribution in [1.29, 1.82) is 5.26 Å². The van der Waals surface area contributed by atoms with Crippen LogP contribution in [-0.2, 0) is 6.54 Å². The predicted octanol–water partition coefficient (Wildman–Crippen LogP) is 3.45. The number of anilines is 1. The van der Waals surface area contributed by atoms with Crippen molar-refractivity contribution in [1.82, 2.24) is 9.55 Å². The molecule has 0 saturated heterocycles. The van der Waals surface area contributed by atoms with Gasteiger partial charge in [-0.15, -0.1) is 6.42 Å². The Balaban J connectivity index is 1.95. The van der Waals surface area contributed by atoms with E-state index in [1.807, 2.05) is 10.6 Å². The Labute approximate surface area is 143 Å². The highest BCUT2D eigenvalue weighted by molar-refractivity contribution is 6.29. The minimum Gasteiger partial charge on any atom is -0.334 e. The number of carbonyl (C=O) groups is 1. The van der Waals surface area contributed by atoms with Crippen LogP contribution in [0.5, 0.6) is 0 Å². The van der Waals surface area contributed by atoms with Gasteiger partial charge in [0.05, 0.1) is 17.6 Å². The molecule has 116 valence electrons. The topological polar surface area (TPSA) is 70.7 Å². The van der Waals surface area contributed by atoms with E-state index in [4.69, 9.17) is 18.0 Å². The van der Waals surface area contributed by atoms with Gasteiger partial charge in [0.1, 0.15) is 11.2 Å². The zero-order valence-electron chi connectivity index (χ0n) is 12.5. The minimum absolute atomic E-state index is 0.247. The van der Waals surface area contributed by atoms with E-state index in [2.05, 4.69) is 22.3 Å². The summed E-state index contributed by atoms with van der Waals surface area (Å²) in [6.07, 6.45) is 8.52. The van der Waals surface area contributed by atoms with Crippen molar-refractivity contribution >= 4 is 34.1 Å². The molecule has 24 heavy (non-hydrogen) atoms. The van der Waals surface area contributed by atoms with Crippen molar-refractivity contribution in [3.8, 4) is 18.4 Å². The molecule has 0 radical (unpaired) electrons. The fraction of sp³-hybridized carbons (Fsp3) is 0.0556. The van der Waals surface area contributed by atoms with Crippen molar-refractivity contribution in [2.75, 3.05) is 5.32 Å². The third-order valence-corrected chi connectivity index (χ3v) is 3.72. The third kappa shape index (κ3) is 2.94. The maximum atomic E-state index is 12.3. The molecule has 1 N–H and O–H groups in total. The first-order valence-corrected chi connectivity index (χ1v) is 7.39. The van der Waals surface area contributed by atoms with E-state index in [-0.39, 0.29) is 11.1 Å². The van der Waals surface area contributed by atoms with E-state index in [0.29, 0.717) is 23.4 Å². The summed E-state index contributed by atoms with van der Waals surface area (Å²) in [5.41, 5.74) is 2.33. The van der Waals surface area contributed by atoms with Gasteiger partial charge in [-0.2, -0.15) is 5.26 Å². The number of hydrogen-bond acceptors (Lipinski definition) is 3. The largest absolute Gasteiger partial charge is 0.334 e. The van der Waals surface area contributed by atoms with Gasteiger partial charge in [0.15, 0.2) is 0 Å². The number of nitrogens with one attached hydrogen (secondary N) is 1. The molecule has 0 atom stereocenters. The van der Waals surface area contributed by atoms with Crippen LogP contribution in [0, 0.1) is 23.7 Å². The number of carbonyl (C=O) groups excluding carboxylic acids is 1. The van der Waals surface area contributed by atoms with Gasteiger partial charge in [-0.25, -0.2) is 4.98 Å². The molecule has 0 aliphatic rings. The average molecular weight is 335 g/mol. The molecule has 2 heterocycles. The number of nitrogens with zero attached hydrogens (tertiary/aromatic N) is 3. The Morgan fingerprint density at radius 1 is 1.38 bits per heavy atom. The molecule has 1 amide bonds. The molecule has 5 nitrogen and oxygen atoms in total. The molecule has 0 bridgehead atoms. The maximum absolute atomic E-state index is 12.3. The Hall–Kier alpha value is -3.28. The monoisotopic (exact) mass is 334 g/mol. The lowest BCUT2D eigenvalue weighted by Gasteiger charge is -2.06. The molecule has 2 aromatic heterocycles. The van der Waals surface area contributed by atoms with Crippen molar-refractivity contribution in [2.45, 2.75) is 6.54 Å². The highest BCUT2D eigenvalue weighted by Gasteiger charge is 2.11. The zero-order valence-corrected chi connectivity index (χ0v) is 13.2. The van der Waals surface area contributed by atoms with E-state index in [1.165, 1.54) is 12.3 Å². The number of rotatable bonds is 3. The molecule has 0 spiro atoms. The summed E-state index contributed by atoms with van der Waals surface area (Å²) in [6.45, 7) is 0.374. The number of nitriles is 1. The number of aromatic nitrogens is 2. The van der Waals surface area contributed by atoms with Crippen LogP contribution < -0.4 is 5.32 Å². The normalized spacial score (nSPS) is 10.1. The second-order valence-corrected chi connectivity index (χ2v) is 5.43. The summed E-state index contributed by atoms with van der Waals surface area (Å²) in [7, 11) is 0. The number of terminal acetylenes is 1. The van der Waals surface area contributed by atoms with E-state index in [0.717, 1.165) is 10.9 Å². The molecule has 0 unspecified atom stereocenters. The lowest BCUT2D eigenvalue weighted by molar-refractivity contribution is 0.102. The van der Waals surface area contributed by atoms with Gasteiger partial charge in [-0.1, -0.05) is 17.5 Å². The quantitative estimate of drug-likeness (QED) is 0.589. The first-order chi connectivity index (χ1) is 11.6. The summed E-state index contributed by atoms with van der Waals surface area (Å²) in [6, 6.07) is 10.5. The third-order valence-electron chi connectivity index (χ3n) is 3.51. The Morgan fingerprint density at radius 3 is 2.92 bits per heavy atom. The molecule has 6 heteroatoms. The van der Waals surface area contributed by atoms with Gasteiger partial charge in [0.2, 0.25) is 0 Å². The molecular weight excluding hydrogens is 324 g/mol. The summed E-state index contributed by atoms with van der Waals surface area (Å²) < 4.78 is 1.82. The van der Waals surface area contributed by atoms with E-state index in [1.54, 1.807) is 24.4 Å². The summed E-state index contributed by atoms with van der Waals surface area (Å²) in [4.78, 5) is 16.1. The highest BCUT2D eigenvalue weighted by atomic mass is 35.5. The maximum Gasteiger partial charge on any atom is 0.255 e.